The van der Waals surface area contributed by atoms with Crippen molar-refractivity contribution in [3.63, 3.8) is 0 Å². The van der Waals surface area contributed by atoms with Crippen molar-refractivity contribution in [1.29, 1.82) is 0 Å². The molecule has 0 aliphatic carbocycles. The Labute approximate surface area is 124 Å². The maximum Gasteiger partial charge on any atom is 0.338 e. The van der Waals surface area contributed by atoms with Gasteiger partial charge in [-0.3, -0.25) is 14.2 Å². The van der Waals surface area contributed by atoms with Gasteiger partial charge in [-0.1, -0.05) is 23.5 Å². The minimum absolute atomic E-state index is 0.0558. The molecule has 0 saturated carbocycles. The largest absolute Gasteiger partial charge is 0.478 e. The summed E-state index contributed by atoms with van der Waals surface area (Å²) >= 11 is 1.02. The quantitative estimate of drug-likeness (QED) is 0.902. The zero-order chi connectivity index (χ0) is 15.6. The highest BCUT2D eigenvalue weighted by molar-refractivity contribution is 7.07. The third kappa shape index (κ3) is 3.19. The van der Waals surface area contributed by atoms with Crippen LogP contribution in [0.5, 0.6) is 0 Å². The number of rotatable bonds is 4. The minimum Gasteiger partial charge on any atom is -0.478 e. The summed E-state index contributed by atoms with van der Waals surface area (Å²) in [6.07, 6.45) is 0. The van der Waals surface area contributed by atoms with Gasteiger partial charge in [-0.15, -0.1) is 0 Å². The lowest BCUT2D eigenvalue weighted by atomic mass is 10.1. The summed E-state index contributed by atoms with van der Waals surface area (Å²) < 4.78 is 1.34. The molecule has 0 radical (unpaired) electrons. The molecule has 2 rings (SSSR count). The second-order valence-electron chi connectivity index (χ2n) is 4.58. The average Bonchev–Trinajstić information content (AvgIpc) is 2.70. The molecule has 1 aromatic heterocycles. The maximum atomic E-state index is 12.0. The number of carbonyl (C=O) groups excluding carboxylic acids is 1. The molecule has 2 N–H and O–H groups in total. The summed E-state index contributed by atoms with van der Waals surface area (Å²) in [4.78, 5) is 34.6. The first-order valence-electron chi connectivity index (χ1n) is 6.18. The number of aromatic nitrogens is 1. The van der Waals surface area contributed by atoms with Gasteiger partial charge in [-0.2, -0.15) is 0 Å². The van der Waals surface area contributed by atoms with E-state index in [2.05, 4.69) is 5.32 Å². The molecule has 6 nitrogen and oxygen atoms in total. The molecular weight excluding hydrogens is 292 g/mol. The monoisotopic (exact) mass is 306 g/mol. The Kier molecular flexibility index (Phi) is 4.23. The van der Waals surface area contributed by atoms with Crippen molar-refractivity contribution >= 4 is 28.9 Å². The first-order valence-corrected chi connectivity index (χ1v) is 7.06. The summed E-state index contributed by atoms with van der Waals surface area (Å²) in [7, 11) is 0. The number of carbonyl (C=O) groups is 2. The van der Waals surface area contributed by atoms with Crippen molar-refractivity contribution in [1.82, 2.24) is 4.57 Å². The van der Waals surface area contributed by atoms with E-state index in [0.717, 1.165) is 11.3 Å². The number of hydrogen-bond donors (Lipinski definition) is 2. The van der Waals surface area contributed by atoms with Crippen LogP contribution in [0, 0.1) is 13.8 Å². The van der Waals surface area contributed by atoms with E-state index in [0.29, 0.717) is 11.3 Å². The minimum atomic E-state index is -1.10. The highest BCUT2D eigenvalue weighted by Crippen LogP contribution is 2.19. The van der Waals surface area contributed by atoms with E-state index in [1.165, 1.54) is 10.6 Å². The van der Waals surface area contributed by atoms with Gasteiger partial charge in [-0.25, -0.2) is 4.79 Å². The smallest absolute Gasteiger partial charge is 0.338 e. The molecule has 110 valence electrons. The molecule has 1 amide bonds. The van der Waals surface area contributed by atoms with Crippen LogP contribution in [0.2, 0.25) is 0 Å². The van der Waals surface area contributed by atoms with Crippen LogP contribution in [-0.2, 0) is 11.3 Å². The summed E-state index contributed by atoms with van der Waals surface area (Å²) in [5.74, 6) is -1.54. The van der Waals surface area contributed by atoms with E-state index in [-0.39, 0.29) is 22.7 Å². The fourth-order valence-corrected chi connectivity index (χ4v) is 2.72. The summed E-state index contributed by atoms with van der Waals surface area (Å²) in [6.45, 7) is 3.26. The van der Waals surface area contributed by atoms with Gasteiger partial charge in [0.2, 0.25) is 5.91 Å². The topological polar surface area (TPSA) is 88.4 Å². The van der Waals surface area contributed by atoms with E-state index in [1.807, 2.05) is 0 Å². The molecule has 7 heteroatoms. The highest BCUT2D eigenvalue weighted by atomic mass is 32.1. The van der Waals surface area contributed by atoms with E-state index < -0.39 is 11.9 Å². The Morgan fingerprint density at radius 3 is 2.62 bits per heavy atom. The predicted molar refractivity (Wildman–Crippen MR) is 80.1 cm³/mol. The Hall–Kier alpha value is -2.41. The molecule has 0 aliphatic heterocycles. The third-order valence-electron chi connectivity index (χ3n) is 3.04. The lowest BCUT2D eigenvalue weighted by Gasteiger charge is -2.11. The lowest BCUT2D eigenvalue weighted by molar-refractivity contribution is -0.116. The van der Waals surface area contributed by atoms with Gasteiger partial charge in [0.05, 0.1) is 11.3 Å². The molecule has 0 fully saturated rings. The number of amides is 1. The first kappa shape index (κ1) is 15.0. The fraction of sp³-hybridized carbons (Fsp3) is 0.214. The third-order valence-corrected chi connectivity index (χ3v) is 3.92. The highest BCUT2D eigenvalue weighted by Gasteiger charge is 2.16. The molecule has 0 saturated heterocycles. The molecule has 0 spiro atoms. The second-order valence-corrected chi connectivity index (χ2v) is 5.40. The van der Waals surface area contributed by atoms with Crippen molar-refractivity contribution in [2.45, 2.75) is 20.4 Å². The normalized spacial score (nSPS) is 10.4. The number of hydrogen-bond acceptors (Lipinski definition) is 4. The van der Waals surface area contributed by atoms with Crippen molar-refractivity contribution < 1.29 is 14.7 Å². The number of carboxylic acid groups (broad SMARTS) is 1. The van der Waals surface area contributed by atoms with Gasteiger partial charge >= 0.3 is 10.8 Å². The van der Waals surface area contributed by atoms with Gasteiger partial charge in [0, 0.05) is 11.1 Å². The summed E-state index contributed by atoms with van der Waals surface area (Å²) in [5.41, 5.74) is 1.54. The number of benzene rings is 1. The second kappa shape index (κ2) is 5.92. The first-order chi connectivity index (χ1) is 9.90. The van der Waals surface area contributed by atoms with Gasteiger partial charge in [0.25, 0.3) is 0 Å². The number of aryl methyl sites for hydroxylation is 2. The molecule has 0 atom stereocenters. The van der Waals surface area contributed by atoms with E-state index in [4.69, 9.17) is 0 Å². The van der Waals surface area contributed by atoms with Gasteiger partial charge < -0.3 is 10.4 Å². The average molecular weight is 306 g/mol. The number of anilines is 1. The lowest BCUT2D eigenvalue weighted by Crippen LogP contribution is -2.26. The Morgan fingerprint density at radius 1 is 1.33 bits per heavy atom. The predicted octanol–water partition coefficient (Wildman–Crippen LogP) is 1.86. The molecule has 21 heavy (non-hydrogen) atoms. The number of nitrogens with zero attached hydrogens (tertiary/aromatic N) is 1. The SMILES string of the molecule is Cc1cccc(NC(=O)Cn2c(C)csc2=O)c1C(=O)O. The van der Waals surface area contributed by atoms with E-state index in [1.54, 1.807) is 31.4 Å². The van der Waals surface area contributed by atoms with E-state index in [9.17, 15) is 19.5 Å². The molecular formula is C14H14N2O4S. The van der Waals surface area contributed by atoms with Crippen molar-refractivity contribution in [3.8, 4) is 0 Å². The summed E-state index contributed by atoms with van der Waals surface area (Å²) in [5, 5.41) is 13.4. The number of carboxylic acids is 1. The van der Waals surface area contributed by atoms with Crippen LogP contribution < -0.4 is 10.2 Å². The Bertz CT molecular complexity index is 761. The number of aromatic carboxylic acids is 1. The Morgan fingerprint density at radius 2 is 2.05 bits per heavy atom. The van der Waals surface area contributed by atoms with Crippen molar-refractivity contribution in [2.75, 3.05) is 5.32 Å². The fourth-order valence-electron chi connectivity index (χ4n) is 1.99. The van der Waals surface area contributed by atoms with Gasteiger partial charge in [0.1, 0.15) is 6.54 Å². The van der Waals surface area contributed by atoms with Crippen LogP contribution in [-0.4, -0.2) is 21.6 Å². The van der Waals surface area contributed by atoms with Crippen LogP contribution >= 0.6 is 11.3 Å². The van der Waals surface area contributed by atoms with Crippen LogP contribution in [0.25, 0.3) is 0 Å². The van der Waals surface area contributed by atoms with Crippen molar-refractivity contribution in [3.05, 3.63) is 50.1 Å². The van der Waals surface area contributed by atoms with Gasteiger partial charge in [-0.05, 0) is 25.5 Å². The molecule has 0 aliphatic rings. The van der Waals surface area contributed by atoms with Gasteiger partial charge in [0.15, 0.2) is 0 Å². The number of thiazole rings is 1. The van der Waals surface area contributed by atoms with Crippen LogP contribution in [0.1, 0.15) is 21.6 Å². The van der Waals surface area contributed by atoms with E-state index >= 15 is 0 Å². The molecule has 0 bridgehead atoms. The molecule has 1 aromatic carbocycles. The number of nitrogens with one attached hydrogen (secondary N) is 1. The zero-order valence-corrected chi connectivity index (χ0v) is 12.4. The Balaban J connectivity index is 2.23. The van der Waals surface area contributed by atoms with Crippen LogP contribution in [0.4, 0.5) is 5.69 Å². The molecule has 0 unspecified atom stereocenters. The zero-order valence-electron chi connectivity index (χ0n) is 11.5. The molecule has 2 aromatic rings. The van der Waals surface area contributed by atoms with Crippen molar-refractivity contribution in [2.24, 2.45) is 0 Å². The van der Waals surface area contributed by atoms with Crippen LogP contribution in [0.15, 0.2) is 28.4 Å². The van der Waals surface area contributed by atoms with Crippen LogP contribution in [0.3, 0.4) is 0 Å². The standard InChI is InChI=1S/C14H14N2O4S/c1-8-4-3-5-10(12(8)13(18)19)15-11(17)6-16-9(2)7-21-14(16)20/h3-5,7H,6H2,1-2H3,(H,15,17)(H,18,19). The summed E-state index contributed by atoms with van der Waals surface area (Å²) in [6, 6.07) is 4.85. The molecule has 1 heterocycles. The maximum absolute atomic E-state index is 12.0.